The van der Waals surface area contributed by atoms with Crippen molar-refractivity contribution in [3.05, 3.63) is 24.0 Å². The summed E-state index contributed by atoms with van der Waals surface area (Å²) in [4.78, 5) is 6.76. The minimum Gasteiger partial charge on any atom is -0.364 e. The molecule has 0 aliphatic carbocycles. The minimum atomic E-state index is -0.340. The lowest BCUT2D eigenvalue weighted by molar-refractivity contribution is 0.0764. The molecule has 0 aromatic carbocycles. The largest absolute Gasteiger partial charge is 0.364 e. The molecule has 5 heteroatoms. The second-order valence-electron chi connectivity index (χ2n) is 5.29. The van der Waals surface area contributed by atoms with Gasteiger partial charge < -0.3 is 15.0 Å². The topological polar surface area (TPSA) is 61.2 Å². The van der Waals surface area contributed by atoms with Gasteiger partial charge in [-0.25, -0.2) is 0 Å². The number of rotatable bonds is 6. The van der Waals surface area contributed by atoms with Crippen LogP contribution in [0, 0.1) is 11.3 Å². The number of morpholine rings is 1. The van der Waals surface area contributed by atoms with E-state index in [1.54, 1.807) is 0 Å². The van der Waals surface area contributed by atoms with Crippen molar-refractivity contribution < 1.29 is 4.74 Å². The standard InChI is InChI=1S/C16H24N4O/c1-3-7-18-15(4-2)16-6-5-13(11-19-16)20-8-9-21-14(10-17)12-20/h5-6,11,14-15,18H,3-4,7-9,12H2,1-2H3. The molecule has 0 spiro atoms. The van der Waals surface area contributed by atoms with Crippen LogP contribution in [0.2, 0.25) is 0 Å². The molecule has 2 atom stereocenters. The molecule has 1 saturated heterocycles. The quantitative estimate of drug-likeness (QED) is 0.870. The van der Waals surface area contributed by atoms with E-state index in [-0.39, 0.29) is 6.10 Å². The molecule has 1 aliphatic rings. The summed E-state index contributed by atoms with van der Waals surface area (Å²) in [5.41, 5.74) is 2.15. The highest BCUT2D eigenvalue weighted by atomic mass is 16.5. The summed E-state index contributed by atoms with van der Waals surface area (Å²) in [5.74, 6) is 0. The van der Waals surface area contributed by atoms with Crippen LogP contribution < -0.4 is 10.2 Å². The highest BCUT2D eigenvalue weighted by Gasteiger charge is 2.20. The third-order valence-electron chi connectivity index (χ3n) is 3.75. The molecule has 1 aromatic rings. The number of nitriles is 1. The minimum absolute atomic E-state index is 0.315. The Hall–Kier alpha value is -1.64. The number of nitrogens with zero attached hydrogens (tertiary/aromatic N) is 3. The third kappa shape index (κ3) is 4.16. The zero-order chi connectivity index (χ0) is 15.1. The predicted octanol–water partition coefficient (Wildman–Crippen LogP) is 2.26. The van der Waals surface area contributed by atoms with Gasteiger partial charge in [0.1, 0.15) is 0 Å². The average molecular weight is 288 g/mol. The van der Waals surface area contributed by atoms with Gasteiger partial charge in [0.25, 0.3) is 0 Å². The van der Waals surface area contributed by atoms with Gasteiger partial charge in [-0.3, -0.25) is 4.98 Å². The van der Waals surface area contributed by atoms with Gasteiger partial charge >= 0.3 is 0 Å². The highest BCUT2D eigenvalue weighted by Crippen LogP contribution is 2.20. The van der Waals surface area contributed by atoms with Crippen LogP contribution in [0.3, 0.4) is 0 Å². The lowest BCUT2D eigenvalue weighted by Gasteiger charge is -2.31. The fourth-order valence-electron chi connectivity index (χ4n) is 2.53. The van der Waals surface area contributed by atoms with E-state index in [1.165, 1.54) is 0 Å². The first kappa shape index (κ1) is 15.7. The van der Waals surface area contributed by atoms with Gasteiger partial charge in [0.05, 0.1) is 36.8 Å². The van der Waals surface area contributed by atoms with Gasteiger partial charge in [-0.05, 0) is 31.5 Å². The van der Waals surface area contributed by atoms with Gasteiger partial charge in [-0.1, -0.05) is 13.8 Å². The van der Waals surface area contributed by atoms with Crippen LogP contribution in [0.4, 0.5) is 5.69 Å². The Bertz CT molecular complexity index is 468. The van der Waals surface area contributed by atoms with Crippen molar-refractivity contribution >= 4 is 5.69 Å². The van der Waals surface area contributed by atoms with Crippen molar-refractivity contribution in [3.8, 4) is 6.07 Å². The van der Waals surface area contributed by atoms with Gasteiger partial charge in [0.15, 0.2) is 6.10 Å². The Morgan fingerprint density at radius 3 is 3.00 bits per heavy atom. The summed E-state index contributed by atoms with van der Waals surface area (Å²) in [5, 5.41) is 12.5. The highest BCUT2D eigenvalue weighted by molar-refractivity contribution is 5.45. The first-order valence-electron chi connectivity index (χ1n) is 7.74. The molecule has 0 radical (unpaired) electrons. The smallest absolute Gasteiger partial charge is 0.161 e. The van der Waals surface area contributed by atoms with Crippen molar-refractivity contribution in [1.82, 2.24) is 10.3 Å². The second kappa shape index (κ2) is 7.96. The average Bonchev–Trinajstić information content (AvgIpc) is 2.56. The summed E-state index contributed by atoms with van der Waals surface area (Å²) in [6.45, 7) is 7.36. The van der Waals surface area contributed by atoms with Gasteiger partial charge in [0.2, 0.25) is 0 Å². The van der Waals surface area contributed by atoms with Gasteiger partial charge in [-0.2, -0.15) is 5.26 Å². The maximum Gasteiger partial charge on any atom is 0.161 e. The number of hydrogen-bond acceptors (Lipinski definition) is 5. The number of nitrogens with one attached hydrogen (secondary N) is 1. The fraction of sp³-hybridized carbons (Fsp3) is 0.625. The van der Waals surface area contributed by atoms with Crippen molar-refractivity contribution in [2.45, 2.75) is 38.8 Å². The summed E-state index contributed by atoms with van der Waals surface area (Å²) >= 11 is 0. The van der Waals surface area contributed by atoms with E-state index in [1.807, 2.05) is 6.20 Å². The van der Waals surface area contributed by atoms with Gasteiger partial charge in [0, 0.05) is 12.6 Å². The predicted molar refractivity (Wildman–Crippen MR) is 83.1 cm³/mol. The first-order chi connectivity index (χ1) is 10.3. The fourth-order valence-corrected chi connectivity index (χ4v) is 2.53. The lowest BCUT2D eigenvalue weighted by Crippen LogP contribution is -2.41. The maximum absolute atomic E-state index is 8.96. The van der Waals surface area contributed by atoms with E-state index in [0.717, 1.165) is 37.3 Å². The molecular formula is C16H24N4O. The van der Waals surface area contributed by atoms with E-state index in [9.17, 15) is 0 Å². The molecule has 0 saturated carbocycles. The molecule has 2 rings (SSSR count). The third-order valence-corrected chi connectivity index (χ3v) is 3.75. The molecule has 2 unspecified atom stereocenters. The summed E-state index contributed by atoms with van der Waals surface area (Å²) < 4.78 is 5.37. The molecule has 0 amide bonds. The SMILES string of the molecule is CCCNC(CC)c1ccc(N2CCOC(C#N)C2)cn1. The van der Waals surface area contributed by atoms with Crippen LogP contribution in [0.25, 0.3) is 0 Å². The zero-order valence-corrected chi connectivity index (χ0v) is 12.9. The zero-order valence-electron chi connectivity index (χ0n) is 12.9. The molecule has 0 bridgehead atoms. The van der Waals surface area contributed by atoms with Crippen molar-refractivity contribution in [2.75, 3.05) is 31.1 Å². The number of ether oxygens (including phenoxy) is 1. The Balaban J connectivity index is 2.02. The first-order valence-corrected chi connectivity index (χ1v) is 7.74. The normalized spacial score (nSPS) is 20.0. The molecule has 2 heterocycles. The van der Waals surface area contributed by atoms with Crippen molar-refractivity contribution in [3.63, 3.8) is 0 Å². The van der Waals surface area contributed by atoms with E-state index in [2.05, 4.69) is 47.3 Å². The van der Waals surface area contributed by atoms with E-state index < -0.39 is 0 Å². The Morgan fingerprint density at radius 2 is 2.38 bits per heavy atom. The van der Waals surface area contributed by atoms with E-state index in [0.29, 0.717) is 19.2 Å². The molecule has 1 fully saturated rings. The van der Waals surface area contributed by atoms with Crippen molar-refractivity contribution in [1.29, 1.82) is 5.26 Å². The summed E-state index contributed by atoms with van der Waals surface area (Å²) in [6.07, 6.45) is 3.72. The molecule has 114 valence electrons. The molecule has 1 aliphatic heterocycles. The van der Waals surface area contributed by atoms with Crippen LogP contribution in [0.15, 0.2) is 18.3 Å². The lowest BCUT2D eigenvalue weighted by atomic mass is 10.1. The van der Waals surface area contributed by atoms with Crippen LogP contribution in [0.5, 0.6) is 0 Å². The number of anilines is 1. The Morgan fingerprint density at radius 1 is 1.52 bits per heavy atom. The molecule has 21 heavy (non-hydrogen) atoms. The summed E-state index contributed by atoms with van der Waals surface area (Å²) in [6, 6.07) is 6.67. The monoisotopic (exact) mass is 288 g/mol. The van der Waals surface area contributed by atoms with E-state index >= 15 is 0 Å². The Labute approximate surface area is 126 Å². The van der Waals surface area contributed by atoms with Crippen LogP contribution in [-0.2, 0) is 4.74 Å². The van der Waals surface area contributed by atoms with E-state index in [4.69, 9.17) is 10.00 Å². The van der Waals surface area contributed by atoms with Crippen LogP contribution >= 0.6 is 0 Å². The molecule has 5 nitrogen and oxygen atoms in total. The second-order valence-corrected chi connectivity index (χ2v) is 5.29. The Kier molecular flexibility index (Phi) is 5.97. The maximum atomic E-state index is 8.96. The number of aromatic nitrogens is 1. The summed E-state index contributed by atoms with van der Waals surface area (Å²) in [7, 11) is 0. The van der Waals surface area contributed by atoms with Crippen LogP contribution in [-0.4, -0.2) is 37.3 Å². The van der Waals surface area contributed by atoms with Crippen molar-refractivity contribution in [2.24, 2.45) is 0 Å². The molecule has 1 N–H and O–H groups in total. The van der Waals surface area contributed by atoms with Crippen LogP contribution in [0.1, 0.15) is 38.4 Å². The number of pyridine rings is 1. The molecular weight excluding hydrogens is 264 g/mol. The molecule has 1 aromatic heterocycles. The van der Waals surface area contributed by atoms with Gasteiger partial charge in [-0.15, -0.1) is 0 Å². The number of hydrogen-bond donors (Lipinski definition) is 1.